The molecule has 1 saturated heterocycles. The molecule has 8 nitrogen and oxygen atoms in total. The van der Waals surface area contributed by atoms with Crippen molar-refractivity contribution in [3.05, 3.63) is 58.1 Å². The van der Waals surface area contributed by atoms with E-state index >= 15 is 0 Å². The quantitative estimate of drug-likeness (QED) is 0.321. The highest BCUT2D eigenvalue weighted by atomic mass is 19.4. The topological polar surface area (TPSA) is 108 Å². The first-order valence-electron chi connectivity index (χ1n) is 10.7. The van der Waals surface area contributed by atoms with Gasteiger partial charge in [0.1, 0.15) is 11.4 Å². The number of alkyl halides is 3. The molecule has 34 heavy (non-hydrogen) atoms. The van der Waals surface area contributed by atoms with Crippen molar-refractivity contribution in [2.24, 2.45) is 5.92 Å². The lowest BCUT2D eigenvalue weighted by atomic mass is 9.95. The van der Waals surface area contributed by atoms with Crippen molar-refractivity contribution in [1.82, 2.24) is 0 Å². The summed E-state index contributed by atoms with van der Waals surface area (Å²) in [7, 11) is 0. The Morgan fingerprint density at radius 3 is 2.62 bits per heavy atom. The molecule has 0 radical (unpaired) electrons. The first kappa shape index (κ1) is 24.8. The molecular formula is C23H23F3N4O4. The van der Waals surface area contributed by atoms with Crippen LogP contribution in [0.5, 0.6) is 5.75 Å². The fourth-order valence-electron chi connectivity index (χ4n) is 3.75. The second-order valence-corrected chi connectivity index (χ2v) is 7.85. The molecule has 1 heterocycles. The summed E-state index contributed by atoms with van der Waals surface area (Å²) in [6.07, 6.45) is -2.89. The highest BCUT2D eigenvalue weighted by Gasteiger charge is 2.35. The molecular weight excluding hydrogens is 453 g/mol. The highest BCUT2D eigenvalue weighted by Crippen LogP contribution is 2.37. The van der Waals surface area contributed by atoms with Gasteiger partial charge in [0, 0.05) is 43.2 Å². The number of nitro benzene ring substituents is 1. The molecule has 2 aromatic carbocycles. The van der Waals surface area contributed by atoms with Crippen molar-refractivity contribution in [3.8, 4) is 11.8 Å². The molecule has 0 unspecified atom stereocenters. The molecule has 0 aliphatic carbocycles. The van der Waals surface area contributed by atoms with E-state index in [2.05, 4.69) is 5.32 Å². The molecule has 0 saturated carbocycles. The molecule has 0 spiro atoms. The van der Waals surface area contributed by atoms with Crippen molar-refractivity contribution < 1.29 is 27.6 Å². The molecule has 2 aromatic rings. The number of carbonyl (C=O) groups is 1. The number of rotatable bonds is 8. The van der Waals surface area contributed by atoms with Crippen LogP contribution in [-0.4, -0.2) is 30.5 Å². The van der Waals surface area contributed by atoms with Crippen molar-refractivity contribution in [2.45, 2.75) is 31.9 Å². The van der Waals surface area contributed by atoms with E-state index in [9.17, 15) is 28.1 Å². The Balaban J connectivity index is 1.59. The number of benzene rings is 2. The highest BCUT2D eigenvalue weighted by molar-refractivity contribution is 5.93. The number of nitro groups is 1. The normalized spacial score (nSPS) is 14.4. The van der Waals surface area contributed by atoms with E-state index in [4.69, 9.17) is 10.00 Å². The van der Waals surface area contributed by atoms with Crippen LogP contribution in [0.15, 0.2) is 42.5 Å². The lowest BCUT2D eigenvalue weighted by Crippen LogP contribution is -2.38. The third-order valence-electron chi connectivity index (χ3n) is 5.51. The minimum Gasteiger partial charge on any atom is -0.493 e. The summed E-state index contributed by atoms with van der Waals surface area (Å²) in [5.74, 6) is 0.0216. The fourth-order valence-corrected chi connectivity index (χ4v) is 3.75. The number of amides is 1. The summed E-state index contributed by atoms with van der Waals surface area (Å²) in [6.45, 7) is 0.984. The van der Waals surface area contributed by atoms with Gasteiger partial charge in [0.25, 0.3) is 5.69 Å². The number of hydrogen-bond donors (Lipinski definition) is 1. The maximum Gasteiger partial charge on any atom is 0.416 e. The molecule has 1 N–H and O–H groups in total. The van der Waals surface area contributed by atoms with Crippen LogP contribution in [-0.2, 0) is 11.0 Å². The number of anilines is 2. The zero-order valence-electron chi connectivity index (χ0n) is 18.2. The van der Waals surface area contributed by atoms with Crippen LogP contribution in [0.1, 0.15) is 31.2 Å². The Kier molecular flexibility index (Phi) is 7.94. The van der Waals surface area contributed by atoms with Crippen molar-refractivity contribution in [3.63, 3.8) is 0 Å². The Labute approximate surface area is 194 Å². The molecule has 1 aliphatic heterocycles. The predicted octanol–water partition coefficient (Wildman–Crippen LogP) is 5.15. The maximum atomic E-state index is 12.9. The number of nitriles is 1. The Hall–Kier alpha value is -3.81. The van der Waals surface area contributed by atoms with Gasteiger partial charge in [-0.3, -0.25) is 14.9 Å². The summed E-state index contributed by atoms with van der Waals surface area (Å²) in [6, 6.07) is 11.4. The van der Waals surface area contributed by atoms with Gasteiger partial charge in [-0.15, -0.1) is 0 Å². The number of unbranched alkanes of at least 4 members (excludes halogenated alkanes) is 1. The summed E-state index contributed by atoms with van der Waals surface area (Å²) in [5, 5.41) is 22.8. The summed E-state index contributed by atoms with van der Waals surface area (Å²) in [4.78, 5) is 24.9. The number of ether oxygens (including phenoxy) is 1. The average molecular weight is 476 g/mol. The van der Waals surface area contributed by atoms with E-state index in [0.717, 1.165) is 12.1 Å². The molecule has 0 bridgehead atoms. The van der Waals surface area contributed by atoms with Crippen LogP contribution in [0.4, 0.5) is 30.2 Å². The van der Waals surface area contributed by atoms with Gasteiger partial charge < -0.3 is 15.0 Å². The van der Waals surface area contributed by atoms with Crippen LogP contribution < -0.4 is 15.0 Å². The summed E-state index contributed by atoms with van der Waals surface area (Å²) >= 11 is 0. The van der Waals surface area contributed by atoms with Crippen LogP contribution in [0.2, 0.25) is 0 Å². The van der Waals surface area contributed by atoms with E-state index in [-0.39, 0.29) is 17.5 Å². The van der Waals surface area contributed by atoms with E-state index in [1.54, 1.807) is 29.2 Å². The Bertz CT molecular complexity index is 1080. The number of nitrogens with zero attached hydrogens (tertiary/aromatic N) is 3. The minimum absolute atomic E-state index is 0.109. The lowest BCUT2D eigenvalue weighted by Gasteiger charge is -2.32. The number of nitrogens with one attached hydrogen (secondary N) is 1. The van der Waals surface area contributed by atoms with Gasteiger partial charge in [-0.05, 0) is 43.5 Å². The number of carbonyl (C=O) groups excluding carboxylic acids is 1. The number of halogens is 3. The van der Waals surface area contributed by atoms with E-state index in [0.29, 0.717) is 62.9 Å². The van der Waals surface area contributed by atoms with Crippen LogP contribution in [0.25, 0.3) is 0 Å². The van der Waals surface area contributed by atoms with Crippen molar-refractivity contribution in [2.75, 3.05) is 29.9 Å². The fraction of sp³-hybridized carbons (Fsp3) is 0.391. The third kappa shape index (κ3) is 6.37. The standard InChI is InChI=1S/C23H23F3N4O4/c24-23(25,26)17-6-7-20(21(14-17)30(32)33)29-11-8-16(9-12-29)22(31)28-18-4-3-5-19(15-18)34-13-2-1-10-27/h3-7,14-16H,1-2,8-9,11-13H2,(H,28,31). The molecule has 180 valence electrons. The van der Waals surface area contributed by atoms with Crippen LogP contribution in [0, 0.1) is 27.4 Å². The molecule has 0 atom stereocenters. The molecule has 1 amide bonds. The average Bonchev–Trinajstić information content (AvgIpc) is 2.81. The van der Waals surface area contributed by atoms with Gasteiger partial charge in [-0.1, -0.05) is 6.07 Å². The second kappa shape index (κ2) is 10.9. The van der Waals surface area contributed by atoms with Gasteiger partial charge in [0.2, 0.25) is 5.91 Å². The molecule has 0 aromatic heterocycles. The minimum atomic E-state index is -4.67. The van der Waals surface area contributed by atoms with Crippen LogP contribution in [0.3, 0.4) is 0 Å². The zero-order chi connectivity index (χ0) is 24.7. The molecule has 3 rings (SSSR count). The van der Waals surface area contributed by atoms with Gasteiger partial charge in [0.15, 0.2) is 0 Å². The maximum absolute atomic E-state index is 12.9. The number of hydrogen-bond acceptors (Lipinski definition) is 6. The van der Waals surface area contributed by atoms with E-state index < -0.39 is 22.4 Å². The first-order chi connectivity index (χ1) is 16.2. The molecule has 1 fully saturated rings. The van der Waals surface area contributed by atoms with E-state index in [1.165, 1.54) is 0 Å². The van der Waals surface area contributed by atoms with Crippen molar-refractivity contribution in [1.29, 1.82) is 5.26 Å². The SMILES string of the molecule is N#CCCCOc1cccc(NC(=O)C2CCN(c3ccc(C(F)(F)F)cc3[N+](=O)[O-])CC2)c1. The monoisotopic (exact) mass is 476 g/mol. The lowest BCUT2D eigenvalue weighted by molar-refractivity contribution is -0.384. The summed E-state index contributed by atoms with van der Waals surface area (Å²) in [5.41, 5.74) is -1.01. The van der Waals surface area contributed by atoms with Gasteiger partial charge in [-0.25, -0.2) is 0 Å². The predicted molar refractivity (Wildman–Crippen MR) is 118 cm³/mol. The Morgan fingerprint density at radius 1 is 1.24 bits per heavy atom. The van der Waals surface area contributed by atoms with E-state index in [1.807, 2.05) is 6.07 Å². The summed E-state index contributed by atoms with van der Waals surface area (Å²) < 4.78 is 44.4. The molecule has 1 aliphatic rings. The smallest absolute Gasteiger partial charge is 0.416 e. The first-order valence-corrected chi connectivity index (χ1v) is 10.7. The molecule has 11 heteroatoms. The second-order valence-electron chi connectivity index (χ2n) is 7.85. The Morgan fingerprint density at radius 2 is 1.97 bits per heavy atom. The zero-order valence-corrected chi connectivity index (χ0v) is 18.2. The van der Waals surface area contributed by atoms with Gasteiger partial charge in [0.05, 0.1) is 23.2 Å². The van der Waals surface area contributed by atoms with Crippen LogP contribution >= 0.6 is 0 Å². The van der Waals surface area contributed by atoms with Crippen molar-refractivity contribution >= 4 is 23.0 Å². The third-order valence-corrected chi connectivity index (χ3v) is 5.51. The number of piperidine rings is 1. The van der Waals surface area contributed by atoms with Gasteiger partial charge >= 0.3 is 6.18 Å². The van der Waals surface area contributed by atoms with Gasteiger partial charge in [-0.2, -0.15) is 18.4 Å². The largest absolute Gasteiger partial charge is 0.493 e.